The Morgan fingerprint density at radius 3 is 2.56 bits per heavy atom. The summed E-state index contributed by atoms with van der Waals surface area (Å²) in [5.74, 6) is -0.456. The van der Waals surface area contributed by atoms with Crippen LogP contribution < -0.4 is 4.72 Å². The quantitative estimate of drug-likeness (QED) is 0.476. The van der Waals surface area contributed by atoms with Crippen molar-refractivity contribution >= 4 is 21.5 Å². The van der Waals surface area contributed by atoms with Gasteiger partial charge in [-0.2, -0.15) is 33.6 Å². The summed E-state index contributed by atoms with van der Waals surface area (Å²) in [5.41, 5.74) is 1.33. The smallest absolute Gasteiger partial charge is 0.260 e. The van der Waals surface area contributed by atoms with Crippen LogP contribution in [-0.4, -0.2) is 29.6 Å². The standard InChI is InChI=1S/C16H13N4O3S.Y/c1-11-6-8-12(9-7-11)24(22,23)19-14-5-3-2-4-13(14)16(21)15-10-17-20-18-15;/h3-10,19H,1H3,(H,17,18,20);/q-1;. The Morgan fingerprint density at radius 2 is 1.92 bits per heavy atom. The summed E-state index contributed by atoms with van der Waals surface area (Å²) in [6, 6.07) is 13.6. The average Bonchev–Trinajstić information content (AvgIpc) is 3.09. The summed E-state index contributed by atoms with van der Waals surface area (Å²) in [5, 5.41) is 9.65. The topological polar surface area (TPSA) is 105 Å². The van der Waals surface area contributed by atoms with Crippen LogP contribution in [0.2, 0.25) is 0 Å². The number of ketones is 1. The van der Waals surface area contributed by atoms with Crippen LogP contribution in [0.5, 0.6) is 0 Å². The molecule has 3 rings (SSSR count). The molecule has 0 atom stereocenters. The van der Waals surface area contributed by atoms with E-state index in [-0.39, 0.29) is 54.5 Å². The first-order valence-corrected chi connectivity index (χ1v) is 8.46. The van der Waals surface area contributed by atoms with Gasteiger partial charge in [-0.3, -0.25) is 0 Å². The number of nitrogens with one attached hydrogen (secondary N) is 2. The number of carbonyl (C=O) groups is 1. The number of sulfonamides is 1. The zero-order valence-electron chi connectivity index (χ0n) is 13.2. The molecule has 2 N–H and O–H groups in total. The van der Waals surface area contributed by atoms with Crippen molar-refractivity contribution in [2.75, 3.05) is 4.72 Å². The van der Waals surface area contributed by atoms with E-state index in [0.29, 0.717) is 0 Å². The number of aromatic amines is 1. The molecule has 2 aromatic carbocycles. The molecule has 0 unspecified atom stereocenters. The first kappa shape index (κ1) is 19.4. The number of benzene rings is 2. The molecule has 1 aromatic heterocycles. The maximum absolute atomic E-state index is 12.5. The van der Waals surface area contributed by atoms with Crippen molar-refractivity contribution in [3.05, 3.63) is 71.5 Å². The van der Waals surface area contributed by atoms with Crippen LogP contribution in [0.25, 0.3) is 0 Å². The Kier molecular flexibility index (Phi) is 6.21. The summed E-state index contributed by atoms with van der Waals surface area (Å²) in [7, 11) is -3.81. The zero-order chi connectivity index (χ0) is 17.2. The van der Waals surface area contributed by atoms with Gasteiger partial charge in [0.05, 0.1) is 11.1 Å². The first-order chi connectivity index (χ1) is 11.5. The van der Waals surface area contributed by atoms with Crippen molar-refractivity contribution in [3.63, 3.8) is 0 Å². The molecule has 0 saturated carbocycles. The molecule has 0 saturated heterocycles. The SMILES string of the molecule is Cc1ccc(S(=O)(=O)Nc2cc[c-]cc2C(=O)c2cn[nH]n2)cc1.[Y]. The van der Waals surface area contributed by atoms with Gasteiger partial charge in [-0.1, -0.05) is 23.3 Å². The molecule has 0 aliphatic heterocycles. The predicted octanol–water partition coefficient (Wildman–Crippen LogP) is 1.94. The molecule has 1 heterocycles. The number of H-pyrrole nitrogens is 1. The molecular weight excluding hydrogens is 417 g/mol. The van der Waals surface area contributed by atoms with Gasteiger partial charge in [-0.25, -0.2) is 8.42 Å². The number of carbonyl (C=O) groups excluding carboxylic acids is 1. The van der Waals surface area contributed by atoms with Gasteiger partial charge in [0.2, 0.25) is 0 Å². The molecule has 9 heteroatoms. The second kappa shape index (κ2) is 7.99. The minimum absolute atomic E-state index is 0. The van der Waals surface area contributed by atoms with E-state index in [2.05, 4.69) is 26.2 Å². The number of anilines is 1. The Balaban J connectivity index is 0.00000225. The van der Waals surface area contributed by atoms with Crippen molar-refractivity contribution in [3.8, 4) is 0 Å². The second-order valence-corrected chi connectivity index (χ2v) is 6.76. The Bertz CT molecular complexity index is 971. The fraction of sp³-hybridized carbons (Fsp3) is 0.0625. The number of rotatable bonds is 5. The van der Waals surface area contributed by atoms with E-state index in [9.17, 15) is 13.2 Å². The summed E-state index contributed by atoms with van der Waals surface area (Å²) in [6.45, 7) is 1.87. The fourth-order valence-corrected chi connectivity index (χ4v) is 3.16. The van der Waals surface area contributed by atoms with Gasteiger partial charge < -0.3 is 9.52 Å². The minimum atomic E-state index is -3.81. The average molecular weight is 430 g/mol. The molecule has 0 spiro atoms. The second-order valence-electron chi connectivity index (χ2n) is 5.07. The Morgan fingerprint density at radius 1 is 1.20 bits per heavy atom. The monoisotopic (exact) mass is 430 g/mol. The summed E-state index contributed by atoms with van der Waals surface area (Å²) in [6.07, 6.45) is 1.27. The third-order valence-electron chi connectivity index (χ3n) is 3.33. The van der Waals surface area contributed by atoms with Crippen LogP contribution in [0, 0.1) is 13.0 Å². The van der Waals surface area contributed by atoms with Crippen molar-refractivity contribution in [1.29, 1.82) is 0 Å². The van der Waals surface area contributed by atoms with Crippen LogP contribution in [0.1, 0.15) is 21.6 Å². The van der Waals surface area contributed by atoms with E-state index in [1.807, 2.05) is 6.92 Å². The van der Waals surface area contributed by atoms with Crippen LogP contribution in [0.3, 0.4) is 0 Å². The fourth-order valence-electron chi connectivity index (χ4n) is 2.08. The van der Waals surface area contributed by atoms with Crippen molar-refractivity contribution < 1.29 is 45.9 Å². The minimum Gasteiger partial charge on any atom is -0.303 e. The van der Waals surface area contributed by atoms with E-state index < -0.39 is 15.8 Å². The van der Waals surface area contributed by atoms with E-state index in [4.69, 9.17) is 0 Å². The molecule has 0 fully saturated rings. The van der Waals surface area contributed by atoms with Crippen LogP contribution >= 0.6 is 0 Å². The third-order valence-corrected chi connectivity index (χ3v) is 4.71. The maximum atomic E-state index is 12.5. The van der Waals surface area contributed by atoms with E-state index in [0.717, 1.165) is 5.56 Å². The number of aromatic nitrogens is 3. The van der Waals surface area contributed by atoms with Crippen LogP contribution in [0.15, 0.2) is 53.6 Å². The summed E-state index contributed by atoms with van der Waals surface area (Å²) >= 11 is 0. The molecule has 0 aliphatic carbocycles. The van der Waals surface area contributed by atoms with E-state index in [1.165, 1.54) is 36.5 Å². The van der Waals surface area contributed by atoms with Crippen molar-refractivity contribution in [1.82, 2.24) is 15.4 Å². The summed E-state index contributed by atoms with van der Waals surface area (Å²) in [4.78, 5) is 12.5. The van der Waals surface area contributed by atoms with Crippen LogP contribution in [-0.2, 0) is 42.7 Å². The van der Waals surface area contributed by atoms with Gasteiger partial charge in [-0.15, -0.1) is 6.07 Å². The molecular formula is C16H13N4O3SY-. The van der Waals surface area contributed by atoms with Gasteiger partial charge >= 0.3 is 0 Å². The van der Waals surface area contributed by atoms with Gasteiger partial charge in [0.1, 0.15) is 5.69 Å². The van der Waals surface area contributed by atoms with Crippen molar-refractivity contribution in [2.45, 2.75) is 11.8 Å². The van der Waals surface area contributed by atoms with E-state index >= 15 is 0 Å². The normalized spacial score (nSPS) is 10.8. The number of aryl methyl sites for hydroxylation is 1. The van der Waals surface area contributed by atoms with Gasteiger partial charge in [0, 0.05) is 32.7 Å². The molecule has 3 aromatic rings. The van der Waals surface area contributed by atoms with Crippen LogP contribution in [0.4, 0.5) is 5.69 Å². The molecule has 0 aliphatic rings. The van der Waals surface area contributed by atoms with E-state index in [1.54, 1.807) is 12.1 Å². The van der Waals surface area contributed by atoms with Crippen molar-refractivity contribution in [2.24, 2.45) is 0 Å². The zero-order valence-corrected chi connectivity index (χ0v) is 16.9. The molecule has 125 valence electrons. The first-order valence-electron chi connectivity index (χ1n) is 6.97. The number of hydrogen-bond acceptors (Lipinski definition) is 5. The summed E-state index contributed by atoms with van der Waals surface area (Å²) < 4.78 is 27.5. The third kappa shape index (κ3) is 4.39. The predicted molar refractivity (Wildman–Crippen MR) is 87.1 cm³/mol. The molecule has 0 amide bonds. The molecule has 0 bridgehead atoms. The van der Waals surface area contributed by atoms with Gasteiger partial charge in [0.25, 0.3) is 10.0 Å². The molecule has 25 heavy (non-hydrogen) atoms. The number of hydrogen-bond donors (Lipinski definition) is 2. The Hall–Kier alpha value is -1.90. The maximum Gasteiger partial charge on any atom is 0.260 e. The Labute approximate surface area is 170 Å². The van der Waals surface area contributed by atoms with Gasteiger partial charge in [-0.05, 0) is 24.7 Å². The number of nitrogens with zero attached hydrogens (tertiary/aromatic N) is 2. The largest absolute Gasteiger partial charge is 0.303 e. The molecule has 7 nitrogen and oxygen atoms in total. The molecule has 1 radical (unpaired) electrons. The van der Waals surface area contributed by atoms with Gasteiger partial charge in [0.15, 0.2) is 5.78 Å².